The molecular weight excluding hydrogens is 370 g/mol. The van der Waals surface area contributed by atoms with E-state index in [1.54, 1.807) is 12.1 Å². The van der Waals surface area contributed by atoms with Crippen LogP contribution in [0.2, 0.25) is 0 Å². The molecule has 0 atom stereocenters. The standard InChI is InChI=1S/C20H27N7O2/c1-15-5-7-16(8-6-15)17(28)24-25-18-21-19(26-9-3-2-4-10-26)23-20(22-18)27-11-13-29-14-12-27/h5-8H,2-4,9-14H2,1H3,(H,24,28)(H,21,22,23,25). The summed E-state index contributed by atoms with van der Waals surface area (Å²) in [4.78, 5) is 30.5. The number of hydrogen-bond acceptors (Lipinski definition) is 8. The predicted molar refractivity (Wildman–Crippen MR) is 111 cm³/mol. The summed E-state index contributed by atoms with van der Waals surface area (Å²) in [5, 5.41) is 0. The smallest absolute Gasteiger partial charge is 0.269 e. The van der Waals surface area contributed by atoms with Crippen molar-refractivity contribution in [2.75, 3.05) is 54.6 Å². The summed E-state index contributed by atoms with van der Waals surface area (Å²) in [6.07, 6.45) is 3.49. The Hall–Kier alpha value is -2.94. The van der Waals surface area contributed by atoms with Gasteiger partial charge >= 0.3 is 0 Å². The number of carbonyl (C=O) groups excluding carboxylic acids is 1. The molecule has 2 aliphatic heterocycles. The molecule has 1 amide bonds. The number of piperidine rings is 1. The van der Waals surface area contributed by atoms with Crippen molar-refractivity contribution in [3.05, 3.63) is 35.4 Å². The molecule has 0 aliphatic carbocycles. The summed E-state index contributed by atoms with van der Waals surface area (Å²) in [5.41, 5.74) is 7.24. The van der Waals surface area contributed by atoms with Gasteiger partial charge in [-0.2, -0.15) is 15.0 Å². The number of carbonyl (C=O) groups is 1. The molecule has 2 N–H and O–H groups in total. The average molecular weight is 397 g/mol. The molecule has 1 aromatic carbocycles. The SMILES string of the molecule is Cc1ccc(C(=O)NNc2nc(N3CCCCC3)nc(N3CCOCC3)n2)cc1. The fourth-order valence-corrected chi connectivity index (χ4v) is 3.44. The predicted octanol–water partition coefficient (Wildman–Crippen LogP) is 1.76. The Labute approximate surface area is 170 Å². The molecule has 2 aliphatic rings. The summed E-state index contributed by atoms with van der Waals surface area (Å²) in [6, 6.07) is 7.39. The third-order valence-corrected chi connectivity index (χ3v) is 5.15. The highest BCUT2D eigenvalue weighted by atomic mass is 16.5. The Morgan fingerprint density at radius 2 is 1.52 bits per heavy atom. The Balaban J connectivity index is 1.52. The lowest BCUT2D eigenvalue weighted by Gasteiger charge is -2.30. The topological polar surface area (TPSA) is 95.5 Å². The summed E-state index contributed by atoms with van der Waals surface area (Å²) >= 11 is 0. The van der Waals surface area contributed by atoms with Crippen LogP contribution in [0.5, 0.6) is 0 Å². The largest absolute Gasteiger partial charge is 0.378 e. The second-order valence-corrected chi connectivity index (χ2v) is 7.35. The zero-order valence-electron chi connectivity index (χ0n) is 16.7. The summed E-state index contributed by atoms with van der Waals surface area (Å²) in [5.74, 6) is 1.35. The fraction of sp³-hybridized carbons (Fsp3) is 0.500. The lowest BCUT2D eigenvalue weighted by Crippen LogP contribution is -2.39. The van der Waals surface area contributed by atoms with Crippen LogP contribution < -0.4 is 20.7 Å². The van der Waals surface area contributed by atoms with Gasteiger partial charge in [-0.15, -0.1) is 0 Å². The molecule has 154 valence electrons. The highest BCUT2D eigenvalue weighted by molar-refractivity contribution is 5.94. The quantitative estimate of drug-likeness (QED) is 0.737. The fourth-order valence-electron chi connectivity index (χ4n) is 3.44. The first-order valence-corrected chi connectivity index (χ1v) is 10.2. The van der Waals surface area contributed by atoms with Crippen molar-refractivity contribution >= 4 is 23.8 Å². The average Bonchev–Trinajstić information content (AvgIpc) is 2.79. The molecule has 9 nitrogen and oxygen atoms in total. The molecule has 29 heavy (non-hydrogen) atoms. The number of rotatable bonds is 5. The van der Waals surface area contributed by atoms with Gasteiger partial charge in [0, 0.05) is 31.7 Å². The van der Waals surface area contributed by atoms with Gasteiger partial charge in [-0.1, -0.05) is 17.7 Å². The van der Waals surface area contributed by atoms with Crippen LogP contribution in [0.3, 0.4) is 0 Å². The second-order valence-electron chi connectivity index (χ2n) is 7.35. The summed E-state index contributed by atoms with van der Waals surface area (Å²) in [6.45, 7) is 6.62. The molecule has 2 fully saturated rings. The zero-order valence-corrected chi connectivity index (χ0v) is 16.7. The van der Waals surface area contributed by atoms with Gasteiger partial charge in [-0.05, 0) is 38.3 Å². The minimum Gasteiger partial charge on any atom is -0.378 e. The first-order valence-electron chi connectivity index (χ1n) is 10.2. The maximum atomic E-state index is 12.4. The van der Waals surface area contributed by atoms with Crippen molar-refractivity contribution in [3.8, 4) is 0 Å². The van der Waals surface area contributed by atoms with Crippen molar-refractivity contribution in [3.63, 3.8) is 0 Å². The van der Waals surface area contributed by atoms with E-state index < -0.39 is 0 Å². The van der Waals surface area contributed by atoms with Crippen LogP contribution >= 0.6 is 0 Å². The highest BCUT2D eigenvalue weighted by Gasteiger charge is 2.20. The molecule has 2 aromatic rings. The van der Waals surface area contributed by atoms with Crippen LogP contribution in [-0.4, -0.2) is 60.3 Å². The molecule has 4 rings (SSSR count). The molecule has 0 unspecified atom stereocenters. The first kappa shape index (κ1) is 19.4. The van der Waals surface area contributed by atoms with Crippen molar-refractivity contribution in [1.29, 1.82) is 0 Å². The van der Waals surface area contributed by atoms with E-state index in [9.17, 15) is 4.79 Å². The third-order valence-electron chi connectivity index (χ3n) is 5.15. The van der Waals surface area contributed by atoms with Gasteiger partial charge in [0.05, 0.1) is 13.2 Å². The monoisotopic (exact) mass is 397 g/mol. The van der Waals surface area contributed by atoms with E-state index in [-0.39, 0.29) is 5.91 Å². The number of hydrogen-bond donors (Lipinski definition) is 2. The molecule has 2 saturated heterocycles. The Morgan fingerprint density at radius 3 is 2.17 bits per heavy atom. The Kier molecular flexibility index (Phi) is 6.04. The maximum absolute atomic E-state index is 12.4. The lowest BCUT2D eigenvalue weighted by molar-refractivity contribution is 0.0962. The van der Waals surface area contributed by atoms with Crippen LogP contribution in [0.15, 0.2) is 24.3 Å². The molecular formula is C20H27N7O2. The van der Waals surface area contributed by atoms with Crippen LogP contribution in [0.1, 0.15) is 35.2 Å². The van der Waals surface area contributed by atoms with E-state index >= 15 is 0 Å². The van der Waals surface area contributed by atoms with Gasteiger partial charge < -0.3 is 14.5 Å². The highest BCUT2D eigenvalue weighted by Crippen LogP contribution is 2.20. The number of aromatic nitrogens is 3. The van der Waals surface area contributed by atoms with Gasteiger partial charge in [0.25, 0.3) is 5.91 Å². The van der Waals surface area contributed by atoms with Crippen LogP contribution in [0, 0.1) is 6.92 Å². The second kappa shape index (κ2) is 9.04. The van der Waals surface area contributed by atoms with Gasteiger partial charge in [0.1, 0.15) is 0 Å². The number of nitrogens with zero attached hydrogens (tertiary/aromatic N) is 5. The van der Waals surface area contributed by atoms with Crippen LogP contribution in [0.4, 0.5) is 17.8 Å². The van der Waals surface area contributed by atoms with Crippen molar-refractivity contribution < 1.29 is 9.53 Å². The molecule has 0 bridgehead atoms. The molecule has 0 radical (unpaired) electrons. The zero-order chi connectivity index (χ0) is 20.1. The van der Waals surface area contributed by atoms with Gasteiger partial charge in [-0.3, -0.25) is 15.6 Å². The Morgan fingerprint density at radius 1 is 0.897 bits per heavy atom. The molecule has 1 aromatic heterocycles. The van der Waals surface area contributed by atoms with E-state index in [4.69, 9.17) is 9.72 Å². The number of amides is 1. The molecule has 0 spiro atoms. The van der Waals surface area contributed by atoms with Gasteiger partial charge in [0.15, 0.2) is 0 Å². The number of benzene rings is 1. The number of morpholine rings is 1. The molecule has 9 heteroatoms. The number of anilines is 3. The molecule has 0 saturated carbocycles. The van der Waals surface area contributed by atoms with Crippen molar-refractivity contribution in [2.24, 2.45) is 0 Å². The van der Waals surface area contributed by atoms with Crippen molar-refractivity contribution in [1.82, 2.24) is 20.4 Å². The minimum absolute atomic E-state index is 0.238. The van der Waals surface area contributed by atoms with Gasteiger partial charge in [0.2, 0.25) is 17.8 Å². The van der Waals surface area contributed by atoms with E-state index in [1.807, 2.05) is 19.1 Å². The number of aryl methyl sites for hydroxylation is 1. The number of hydrazine groups is 1. The normalized spacial score (nSPS) is 17.1. The number of ether oxygens (including phenoxy) is 1. The maximum Gasteiger partial charge on any atom is 0.269 e. The first-order chi connectivity index (χ1) is 14.2. The minimum atomic E-state index is -0.238. The van der Waals surface area contributed by atoms with E-state index in [0.717, 1.165) is 44.6 Å². The summed E-state index contributed by atoms with van der Waals surface area (Å²) in [7, 11) is 0. The van der Waals surface area contributed by atoms with Crippen LogP contribution in [-0.2, 0) is 4.74 Å². The van der Waals surface area contributed by atoms with Crippen LogP contribution in [0.25, 0.3) is 0 Å². The molecule has 3 heterocycles. The van der Waals surface area contributed by atoms with E-state index in [2.05, 4.69) is 30.6 Å². The van der Waals surface area contributed by atoms with Crippen molar-refractivity contribution in [2.45, 2.75) is 26.2 Å². The van der Waals surface area contributed by atoms with Gasteiger partial charge in [-0.25, -0.2) is 0 Å². The third kappa shape index (κ3) is 4.92. The summed E-state index contributed by atoms with van der Waals surface area (Å²) < 4.78 is 5.44. The lowest BCUT2D eigenvalue weighted by atomic mass is 10.1. The van der Waals surface area contributed by atoms with E-state index in [0.29, 0.717) is 36.6 Å². The van der Waals surface area contributed by atoms with E-state index in [1.165, 1.54) is 6.42 Å². The number of nitrogens with one attached hydrogen (secondary N) is 2. The Bertz CT molecular complexity index is 795.